The van der Waals surface area contributed by atoms with E-state index in [0.717, 1.165) is 4.90 Å². The number of rotatable bonds is 7. The maximum Gasteiger partial charge on any atom is 0.261 e. The number of methoxy groups -OCH3 is 1. The van der Waals surface area contributed by atoms with Gasteiger partial charge in [0.05, 0.1) is 24.5 Å². The van der Waals surface area contributed by atoms with Gasteiger partial charge >= 0.3 is 0 Å². The highest BCUT2D eigenvalue weighted by molar-refractivity contribution is 6.21. The lowest BCUT2D eigenvalue weighted by atomic mass is 10.1. The van der Waals surface area contributed by atoms with E-state index in [1.165, 1.54) is 19.4 Å². The van der Waals surface area contributed by atoms with Crippen LogP contribution in [0, 0.1) is 0 Å². The molecule has 1 aliphatic heterocycles. The molecule has 0 saturated heterocycles. The van der Waals surface area contributed by atoms with Crippen molar-refractivity contribution in [3.05, 3.63) is 59.2 Å². The van der Waals surface area contributed by atoms with Crippen LogP contribution in [0.4, 0.5) is 0 Å². The van der Waals surface area contributed by atoms with Gasteiger partial charge in [0.1, 0.15) is 0 Å². The van der Waals surface area contributed by atoms with Crippen LogP contribution in [-0.2, 0) is 4.79 Å². The number of aromatic hydroxyl groups is 1. The average molecular weight is 381 g/mol. The third-order valence-electron chi connectivity index (χ3n) is 4.27. The monoisotopic (exact) mass is 381 g/mol. The minimum atomic E-state index is -0.335. The minimum absolute atomic E-state index is 0.0110. The topological polar surface area (TPSA) is 108 Å². The Morgan fingerprint density at radius 2 is 1.86 bits per heavy atom. The Morgan fingerprint density at radius 3 is 2.50 bits per heavy atom. The van der Waals surface area contributed by atoms with Crippen molar-refractivity contribution in [1.29, 1.82) is 0 Å². The second kappa shape index (κ2) is 8.34. The predicted molar refractivity (Wildman–Crippen MR) is 101 cm³/mol. The first-order valence-electron chi connectivity index (χ1n) is 8.65. The zero-order valence-electron chi connectivity index (χ0n) is 15.2. The fraction of sp³-hybridized carbons (Fsp3) is 0.200. The Bertz CT molecular complexity index is 920. The van der Waals surface area contributed by atoms with E-state index < -0.39 is 0 Å². The van der Waals surface area contributed by atoms with Crippen molar-refractivity contribution in [2.24, 2.45) is 5.10 Å². The number of hydrogen-bond acceptors (Lipinski definition) is 6. The summed E-state index contributed by atoms with van der Waals surface area (Å²) in [5.41, 5.74) is 3.82. The molecule has 2 aromatic rings. The van der Waals surface area contributed by atoms with E-state index in [4.69, 9.17) is 4.74 Å². The van der Waals surface area contributed by atoms with E-state index in [0.29, 0.717) is 28.9 Å². The molecule has 0 spiro atoms. The van der Waals surface area contributed by atoms with Crippen LogP contribution in [0.3, 0.4) is 0 Å². The van der Waals surface area contributed by atoms with Gasteiger partial charge in [0.25, 0.3) is 11.8 Å². The molecule has 3 rings (SSSR count). The normalized spacial score (nSPS) is 13.1. The van der Waals surface area contributed by atoms with E-state index in [2.05, 4.69) is 10.5 Å². The van der Waals surface area contributed by atoms with Gasteiger partial charge in [0, 0.05) is 13.0 Å². The number of amides is 3. The number of fused-ring (bicyclic) bond motifs is 1. The number of carbonyl (C=O) groups excluding carboxylic acids is 3. The molecule has 8 heteroatoms. The van der Waals surface area contributed by atoms with Crippen LogP contribution in [0.1, 0.15) is 39.1 Å². The van der Waals surface area contributed by atoms with E-state index >= 15 is 0 Å². The van der Waals surface area contributed by atoms with Crippen molar-refractivity contribution in [3.8, 4) is 11.5 Å². The number of phenolic OH excluding ortho intramolecular Hbond substituents is 1. The summed E-state index contributed by atoms with van der Waals surface area (Å²) < 4.78 is 5.00. The Hall–Kier alpha value is -3.68. The summed E-state index contributed by atoms with van der Waals surface area (Å²) in [5.74, 6) is -0.688. The molecule has 1 heterocycles. The van der Waals surface area contributed by atoms with Gasteiger partial charge in [0.15, 0.2) is 11.5 Å². The highest BCUT2D eigenvalue weighted by Gasteiger charge is 2.34. The first kappa shape index (κ1) is 19.1. The molecule has 0 fully saturated rings. The third-order valence-corrected chi connectivity index (χ3v) is 4.27. The number of imide groups is 1. The maximum atomic E-state index is 12.2. The van der Waals surface area contributed by atoms with Gasteiger partial charge in [-0.25, -0.2) is 5.43 Å². The van der Waals surface area contributed by atoms with Crippen LogP contribution in [0.15, 0.2) is 47.6 Å². The van der Waals surface area contributed by atoms with E-state index in [1.54, 1.807) is 36.4 Å². The number of ether oxygens (including phenoxy) is 1. The summed E-state index contributed by atoms with van der Waals surface area (Å²) in [4.78, 5) is 37.5. The van der Waals surface area contributed by atoms with Gasteiger partial charge in [0.2, 0.25) is 5.91 Å². The van der Waals surface area contributed by atoms with Gasteiger partial charge in [-0.2, -0.15) is 5.10 Å². The Kier molecular flexibility index (Phi) is 5.69. The molecule has 144 valence electrons. The molecular weight excluding hydrogens is 362 g/mol. The molecule has 8 nitrogen and oxygen atoms in total. The number of phenols is 1. The fourth-order valence-corrected chi connectivity index (χ4v) is 2.85. The lowest BCUT2D eigenvalue weighted by Gasteiger charge is -2.12. The summed E-state index contributed by atoms with van der Waals surface area (Å²) in [5, 5.41) is 13.4. The van der Waals surface area contributed by atoms with Crippen molar-refractivity contribution in [1.82, 2.24) is 10.3 Å². The molecule has 2 aromatic carbocycles. The molecule has 2 N–H and O–H groups in total. The lowest BCUT2D eigenvalue weighted by Crippen LogP contribution is -2.31. The first-order valence-corrected chi connectivity index (χ1v) is 8.65. The third kappa shape index (κ3) is 4.01. The minimum Gasteiger partial charge on any atom is -0.504 e. The maximum absolute atomic E-state index is 12.2. The van der Waals surface area contributed by atoms with Crippen LogP contribution in [0.25, 0.3) is 0 Å². The number of nitrogens with one attached hydrogen (secondary N) is 1. The van der Waals surface area contributed by atoms with Crippen LogP contribution >= 0.6 is 0 Å². The van der Waals surface area contributed by atoms with Crippen LogP contribution in [0.2, 0.25) is 0 Å². The van der Waals surface area contributed by atoms with Crippen molar-refractivity contribution in [2.45, 2.75) is 12.8 Å². The highest BCUT2D eigenvalue weighted by Crippen LogP contribution is 2.25. The van der Waals surface area contributed by atoms with Crippen molar-refractivity contribution in [3.63, 3.8) is 0 Å². The van der Waals surface area contributed by atoms with E-state index in [-0.39, 0.29) is 36.4 Å². The second-order valence-corrected chi connectivity index (χ2v) is 6.14. The molecule has 3 amide bonds. The van der Waals surface area contributed by atoms with E-state index in [9.17, 15) is 19.5 Å². The zero-order chi connectivity index (χ0) is 20.1. The predicted octanol–water partition coefficient (Wildman–Crippen LogP) is 1.93. The van der Waals surface area contributed by atoms with Crippen molar-refractivity contribution in [2.75, 3.05) is 13.7 Å². The average Bonchev–Trinajstić information content (AvgIpc) is 2.94. The Labute approximate surface area is 161 Å². The second-order valence-electron chi connectivity index (χ2n) is 6.14. The smallest absolute Gasteiger partial charge is 0.261 e. The largest absolute Gasteiger partial charge is 0.504 e. The van der Waals surface area contributed by atoms with Crippen LogP contribution in [0.5, 0.6) is 11.5 Å². The Morgan fingerprint density at radius 1 is 1.18 bits per heavy atom. The highest BCUT2D eigenvalue weighted by atomic mass is 16.5. The molecule has 28 heavy (non-hydrogen) atoms. The molecule has 0 unspecified atom stereocenters. The van der Waals surface area contributed by atoms with Gasteiger partial charge in [-0.1, -0.05) is 12.1 Å². The van der Waals surface area contributed by atoms with Crippen LogP contribution < -0.4 is 10.2 Å². The molecular formula is C20H19N3O5. The lowest BCUT2D eigenvalue weighted by molar-refractivity contribution is -0.121. The summed E-state index contributed by atoms with van der Waals surface area (Å²) in [6.45, 7) is 0.165. The summed E-state index contributed by atoms with van der Waals surface area (Å²) >= 11 is 0. The molecule has 0 aliphatic carbocycles. The first-order chi connectivity index (χ1) is 13.5. The molecule has 0 saturated carbocycles. The van der Waals surface area contributed by atoms with Gasteiger partial charge in [-0.15, -0.1) is 0 Å². The number of carbonyl (C=O) groups is 3. The van der Waals surface area contributed by atoms with Gasteiger partial charge in [-0.3, -0.25) is 19.3 Å². The SMILES string of the molecule is COc1cc(/C=N/NC(=O)CCCN2C(=O)c3ccccc3C2=O)ccc1O. The summed E-state index contributed by atoms with van der Waals surface area (Å²) in [6.07, 6.45) is 1.87. The molecule has 0 bridgehead atoms. The fourth-order valence-electron chi connectivity index (χ4n) is 2.85. The molecule has 0 aromatic heterocycles. The Balaban J connectivity index is 1.47. The summed E-state index contributed by atoms with van der Waals surface area (Å²) in [7, 11) is 1.44. The van der Waals surface area contributed by atoms with Crippen molar-refractivity contribution < 1.29 is 24.2 Å². The molecule has 1 aliphatic rings. The summed E-state index contributed by atoms with van der Waals surface area (Å²) in [6, 6.07) is 11.3. The number of hydrogen-bond donors (Lipinski definition) is 2. The quantitative estimate of drug-likeness (QED) is 0.433. The van der Waals surface area contributed by atoms with Gasteiger partial charge in [-0.05, 0) is 42.3 Å². The number of hydrazone groups is 1. The zero-order valence-corrected chi connectivity index (χ0v) is 15.2. The molecule has 0 radical (unpaired) electrons. The number of benzene rings is 2. The van der Waals surface area contributed by atoms with Crippen molar-refractivity contribution >= 4 is 23.9 Å². The number of nitrogens with zero attached hydrogens (tertiary/aromatic N) is 2. The van der Waals surface area contributed by atoms with Crippen LogP contribution in [-0.4, -0.2) is 47.6 Å². The van der Waals surface area contributed by atoms with E-state index in [1.807, 2.05) is 0 Å². The standard InChI is InChI=1S/C20H19N3O5/c1-28-17-11-13(8-9-16(17)24)12-21-22-18(25)7-4-10-23-19(26)14-5-2-3-6-15(14)20(23)27/h2-3,5-6,8-9,11-12,24H,4,7,10H2,1H3,(H,22,25)/b21-12+. The van der Waals surface area contributed by atoms with Gasteiger partial charge < -0.3 is 9.84 Å². The molecule has 0 atom stereocenters.